The van der Waals surface area contributed by atoms with Crippen LogP contribution in [-0.2, 0) is 6.42 Å². The van der Waals surface area contributed by atoms with Gasteiger partial charge in [-0.15, -0.1) is 0 Å². The van der Waals surface area contributed by atoms with Crippen LogP contribution in [0.3, 0.4) is 0 Å². The third-order valence-corrected chi connectivity index (χ3v) is 3.88. The van der Waals surface area contributed by atoms with Gasteiger partial charge in [-0.1, -0.05) is 26.8 Å². The summed E-state index contributed by atoms with van der Waals surface area (Å²) < 4.78 is 10.6. The molecule has 1 aromatic rings. The Morgan fingerprint density at radius 2 is 1.80 bits per heavy atom. The van der Waals surface area contributed by atoms with Crippen molar-refractivity contribution in [2.75, 3.05) is 20.8 Å². The van der Waals surface area contributed by atoms with Crippen molar-refractivity contribution in [3.05, 3.63) is 23.8 Å². The molecule has 0 aromatic heterocycles. The minimum atomic E-state index is 0.353. The fourth-order valence-corrected chi connectivity index (χ4v) is 2.01. The van der Waals surface area contributed by atoms with Crippen molar-refractivity contribution < 1.29 is 9.47 Å². The van der Waals surface area contributed by atoms with E-state index in [1.807, 2.05) is 6.07 Å². The highest BCUT2D eigenvalue weighted by Crippen LogP contribution is 2.28. The summed E-state index contributed by atoms with van der Waals surface area (Å²) in [5, 5.41) is 3.62. The Bertz CT molecular complexity index is 415. The zero-order valence-electron chi connectivity index (χ0n) is 13.7. The molecule has 0 saturated heterocycles. The number of hydrogen-bond donors (Lipinski definition) is 1. The molecule has 0 aliphatic carbocycles. The Labute approximate surface area is 123 Å². The lowest BCUT2D eigenvalue weighted by Crippen LogP contribution is -2.36. The lowest BCUT2D eigenvalue weighted by molar-refractivity contribution is 0.311. The number of hydrogen-bond acceptors (Lipinski definition) is 3. The van der Waals surface area contributed by atoms with Gasteiger partial charge in [0.25, 0.3) is 0 Å². The van der Waals surface area contributed by atoms with Gasteiger partial charge in [-0.3, -0.25) is 0 Å². The van der Waals surface area contributed by atoms with E-state index in [2.05, 4.69) is 45.1 Å². The average Bonchev–Trinajstić information content (AvgIpc) is 2.45. The molecular weight excluding hydrogens is 250 g/mol. The predicted molar refractivity (Wildman–Crippen MR) is 84.8 cm³/mol. The second-order valence-electron chi connectivity index (χ2n) is 6.19. The van der Waals surface area contributed by atoms with Gasteiger partial charge in [0.05, 0.1) is 14.2 Å². The molecule has 0 spiro atoms. The highest BCUT2D eigenvalue weighted by Gasteiger charge is 2.16. The first kappa shape index (κ1) is 16.8. The molecule has 0 amide bonds. The molecule has 0 fully saturated rings. The smallest absolute Gasteiger partial charge is 0.160 e. The summed E-state index contributed by atoms with van der Waals surface area (Å²) in [5.74, 6) is 1.58. The minimum absolute atomic E-state index is 0.353. The summed E-state index contributed by atoms with van der Waals surface area (Å²) in [6.07, 6.45) is 2.17. The van der Waals surface area contributed by atoms with Gasteiger partial charge in [0.2, 0.25) is 0 Å². The molecule has 0 heterocycles. The summed E-state index contributed by atoms with van der Waals surface area (Å²) in [5.41, 5.74) is 1.61. The second kappa shape index (κ2) is 7.53. The van der Waals surface area contributed by atoms with Crippen molar-refractivity contribution >= 4 is 0 Å². The van der Waals surface area contributed by atoms with E-state index in [4.69, 9.17) is 9.47 Å². The molecule has 0 saturated carbocycles. The summed E-state index contributed by atoms with van der Waals surface area (Å²) in [6, 6.07) is 6.57. The maximum absolute atomic E-state index is 5.34. The number of ether oxygens (including phenoxy) is 2. The Morgan fingerprint density at radius 1 is 1.15 bits per heavy atom. The molecule has 3 heteroatoms. The molecule has 3 nitrogen and oxygen atoms in total. The van der Waals surface area contributed by atoms with Crippen LogP contribution in [0.5, 0.6) is 11.5 Å². The van der Waals surface area contributed by atoms with Crippen molar-refractivity contribution in [1.82, 2.24) is 5.32 Å². The fraction of sp³-hybridized carbons (Fsp3) is 0.647. The highest BCUT2D eigenvalue weighted by atomic mass is 16.5. The molecule has 114 valence electrons. The number of benzene rings is 1. The van der Waals surface area contributed by atoms with E-state index < -0.39 is 0 Å². The largest absolute Gasteiger partial charge is 0.493 e. The second-order valence-corrected chi connectivity index (χ2v) is 6.19. The third kappa shape index (κ3) is 5.04. The van der Waals surface area contributed by atoms with E-state index >= 15 is 0 Å². The fourth-order valence-electron chi connectivity index (χ4n) is 2.01. The van der Waals surface area contributed by atoms with E-state index in [-0.39, 0.29) is 0 Å². The van der Waals surface area contributed by atoms with Gasteiger partial charge in [-0.25, -0.2) is 0 Å². The Kier molecular flexibility index (Phi) is 6.34. The maximum atomic E-state index is 5.34. The molecule has 0 aliphatic heterocycles. The molecule has 1 aromatic carbocycles. The van der Waals surface area contributed by atoms with Gasteiger partial charge in [-0.05, 0) is 42.9 Å². The Morgan fingerprint density at radius 3 is 2.35 bits per heavy atom. The molecule has 1 N–H and O–H groups in total. The minimum Gasteiger partial charge on any atom is -0.493 e. The third-order valence-electron chi connectivity index (χ3n) is 3.88. The first-order valence-electron chi connectivity index (χ1n) is 7.36. The lowest BCUT2D eigenvalue weighted by atomic mass is 9.90. The monoisotopic (exact) mass is 279 g/mol. The van der Waals surface area contributed by atoms with E-state index in [0.29, 0.717) is 11.5 Å². The lowest BCUT2D eigenvalue weighted by Gasteiger charge is -2.26. The Balaban J connectivity index is 2.60. The molecular formula is C17H29NO2. The number of nitrogens with one attached hydrogen (secondary N) is 1. The molecule has 0 radical (unpaired) electrons. The van der Waals surface area contributed by atoms with E-state index in [0.717, 1.165) is 24.5 Å². The van der Waals surface area contributed by atoms with Crippen LogP contribution in [0.1, 0.15) is 39.7 Å². The summed E-state index contributed by atoms with van der Waals surface area (Å²) >= 11 is 0. The maximum Gasteiger partial charge on any atom is 0.160 e. The topological polar surface area (TPSA) is 30.5 Å². The van der Waals surface area contributed by atoms with E-state index in [1.165, 1.54) is 12.0 Å². The first-order chi connectivity index (χ1) is 9.41. The van der Waals surface area contributed by atoms with Gasteiger partial charge in [0.1, 0.15) is 0 Å². The van der Waals surface area contributed by atoms with Crippen LogP contribution in [0, 0.1) is 5.41 Å². The van der Waals surface area contributed by atoms with Gasteiger partial charge < -0.3 is 14.8 Å². The van der Waals surface area contributed by atoms with Crippen LogP contribution < -0.4 is 14.8 Å². The van der Waals surface area contributed by atoms with Crippen LogP contribution in [-0.4, -0.2) is 26.8 Å². The normalized spacial score (nSPS) is 13.1. The zero-order valence-corrected chi connectivity index (χ0v) is 13.7. The highest BCUT2D eigenvalue weighted by molar-refractivity contribution is 5.43. The number of rotatable bonds is 8. The SMILES string of the molecule is CCC(C)(C)CNC(C)Cc1ccc(OC)c(OC)c1. The summed E-state index contributed by atoms with van der Waals surface area (Å²) in [7, 11) is 3.33. The number of methoxy groups -OCH3 is 2. The molecule has 20 heavy (non-hydrogen) atoms. The van der Waals surface area contributed by atoms with Crippen molar-refractivity contribution in [2.24, 2.45) is 5.41 Å². The standard InChI is InChI=1S/C17H29NO2/c1-7-17(3,4)12-18-13(2)10-14-8-9-15(19-5)16(11-14)20-6/h8-9,11,13,18H,7,10,12H2,1-6H3. The van der Waals surface area contributed by atoms with Crippen LogP contribution in [0.4, 0.5) is 0 Å². The van der Waals surface area contributed by atoms with Gasteiger partial charge in [0, 0.05) is 12.6 Å². The molecule has 1 rings (SSSR count). The van der Waals surface area contributed by atoms with Crippen molar-refractivity contribution in [3.8, 4) is 11.5 Å². The summed E-state index contributed by atoms with van der Waals surface area (Å²) in [6.45, 7) is 10.1. The predicted octanol–water partition coefficient (Wildman–Crippen LogP) is 3.66. The van der Waals surface area contributed by atoms with Crippen LogP contribution in [0.15, 0.2) is 18.2 Å². The van der Waals surface area contributed by atoms with Crippen LogP contribution in [0.25, 0.3) is 0 Å². The van der Waals surface area contributed by atoms with Gasteiger partial charge >= 0.3 is 0 Å². The molecule has 1 unspecified atom stereocenters. The summed E-state index contributed by atoms with van der Waals surface area (Å²) in [4.78, 5) is 0. The van der Waals surface area contributed by atoms with E-state index in [1.54, 1.807) is 14.2 Å². The average molecular weight is 279 g/mol. The Hall–Kier alpha value is -1.22. The molecule has 1 atom stereocenters. The van der Waals surface area contributed by atoms with Crippen molar-refractivity contribution in [2.45, 2.75) is 46.6 Å². The van der Waals surface area contributed by atoms with Crippen molar-refractivity contribution in [3.63, 3.8) is 0 Å². The van der Waals surface area contributed by atoms with E-state index in [9.17, 15) is 0 Å². The van der Waals surface area contributed by atoms with Crippen molar-refractivity contribution in [1.29, 1.82) is 0 Å². The quantitative estimate of drug-likeness (QED) is 0.787. The molecule has 0 aliphatic rings. The van der Waals surface area contributed by atoms with Crippen LogP contribution >= 0.6 is 0 Å². The zero-order chi connectivity index (χ0) is 15.2. The first-order valence-corrected chi connectivity index (χ1v) is 7.36. The van der Waals surface area contributed by atoms with Crippen LogP contribution in [0.2, 0.25) is 0 Å². The van der Waals surface area contributed by atoms with Gasteiger partial charge in [-0.2, -0.15) is 0 Å². The van der Waals surface area contributed by atoms with Gasteiger partial charge in [0.15, 0.2) is 11.5 Å². The molecule has 0 bridgehead atoms.